The van der Waals surface area contributed by atoms with E-state index in [-0.39, 0.29) is 34.7 Å². The molecule has 1 aliphatic carbocycles. The van der Waals surface area contributed by atoms with Gasteiger partial charge in [0.1, 0.15) is 6.33 Å². The minimum Gasteiger partial charge on any atom is -0.318 e. The number of aryl methyl sites for hydroxylation is 1. The number of likely N-dealkylation sites (tertiary alicyclic amines) is 1. The summed E-state index contributed by atoms with van der Waals surface area (Å²) >= 11 is 0. The van der Waals surface area contributed by atoms with Gasteiger partial charge < -0.3 is 9.47 Å². The largest absolute Gasteiger partial charge is 0.416 e. The van der Waals surface area contributed by atoms with Crippen LogP contribution in [-0.2, 0) is 31.7 Å². The van der Waals surface area contributed by atoms with Crippen molar-refractivity contribution in [3.8, 4) is 0 Å². The Morgan fingerprint density at radius 3 is 2.42 bits per heavy atom. The van der Waals surface area contributed by atoms with E-state index in [4.69, 9.17) is 0 Å². The number of anilines is 1. The second-order valence-corrected chi connectivity index (χ2v) is 11.1. The normalized spacial score (nSPS) is 21.0. The number of fused-ring (bicyclic) bond motifs is 1. The third-order valence-corrected chi connectivity index (χ3v) is 8.35. The van der Waals surface area contributed by atoms with Crippen LogP contribution in [0.1, 0.15) is 70.3 Å². The third kappa shape index (κ3) is 4.46. The topological polar surface area (TPSA) is 54.3 Å². The molecule has 2 fully saturated rings. The van der Waals surface area contributed by atoms with E-state index in [9.17, 15) is 26.7 Å². The maximum atomic E-state index is 15.9. The minimum atomic E-state index is -4.66. The molecule has 2 aromatic carbocycles. The van der Waals surface area contributed by atoms with Crippen molar-refractivity contribution in [1.29, 1.82) is 0 Å². The van der Waals surface area contributed by atoms with E-state index < -0.39 is 48.0 Å². The lowest BCUT2D eigenvalue weighted by molar-refractivity contribution is -0.151. The first-order valence-corrected chi connectivity index (χ1v) is 13.1. The molecule has 1 saturated carbocycles. The molecule has 1 aromatic heterocycles. The highest BCUT2D eigenvalue weighted by Gasteiger charge is 2.62. The number of carbonyl (C=O) groups is 1. The van der Waals surface area contributed by atoms with Crippen molar-refractivity contribution < 1.29 is 31.1 Å². The molecule has 0 spiro atoms. The molecule has 6 nitrogen and oxygen atoms in total. The monoisotopic (exact) mass is 563 g/mol. The summed E-state index contributed by atoms with van der Waals surface area (Å²) in [4.78, 5) is 16.8. The van der Waals surface area contributed by atoms with E-state index in [2.05, 4.69) is 15.1 Å². The summed E-state index contributed by atoms with van der Waals surface area (Å²) in [5, 5.41) is 7.44. The van der Waals surface area contributed by atoms with Gasteiger partial charge in [-0.2, -0.15) is 13.2 Å². The SMILES string of the molecule is Cn1cnnc1C(F)C1(c2cccc(N3Cc4c(cc(CN5CCCC5)cc4C(F)(F)F)C3=O)c2)CC(F)(F)C1. The number of rotatable bonds is 6. The molecule has 212 valence electrons. The van der Waals surface area contributed by atoms with Gasteiger partial charge in [0, 0.05) is 43.1 Å². The standard InChI is InChI=1S/C28H27F6N5O/c1-37-16-35-36-24(37)23(29)26(14-27(30,31)15-26)18-5-4-6-19(11-18)39-13-21-20(25(39)40)9-17(10-22(21)28(32,33)34)12-38-7-2-3-8-38/h4-6,9-11,16,23H,2-3,7-8,12-15H2,1H3. The van der Waals surface area contributed by atoms with Gasteiger partial charge in [-0.15, -0.1) is 10.2 Å². The lowest BCUT2D eigenvalue weighted by atomic mass is 9.59. The van der Waals surface area contributed by atoms with E-state index in [1.165, 1.54) is 53.2 Å². The highest BCUT2D eigenvalue weighted by Crippen LogP contribution is 2.60. The highest BCUT2D eigenvalue weighted by molar-refractivity contribution is 6.10. The summed E-state index contributed by atoms with van der Waals surface area (Å²) in [5.41, 5.74) is -1.78. The van der Waals surface area contributed by atoms with Crippen molar-refractivity contribution in [2.75, 3.05) is 18.0 Å². The average Bonchev–Trinajstić information content (AvgIpc) is 3.62. The summed E-state index contributed by atoms with van der Waals surface area (Å²) in [5.74, 6) is -3.81. The first-order valence-electron chi connectivity index (χ1n) is 13.1. The van der Waals surface area contributed by atoms with E-state index in [0.29, 0.717) is 12.1 Å². The quantitative estimate of drug-likeness (QED) is 0.347. The summed E-state index contributed by atoms with van der Waals surface area (Å²) in [7, 11) is 1.51. The van der Waals surface area contributed by atoms with Gasteiger partial charge in [-0.3, -0.25) is 9.69 Å². The molecule has 0 radical (unpaired) electrons. The molecule has 2 aliphatic heterocycles. The van der Waals surface area contributed by atoms with Gasteiger partial charge in [0.25, 0.3) is 5.91 Å². The molecule has 3 aliphatic rings. The van der Waals surface area contributed by atoms with Gasteiger partial charge >= 0.3 is 6.18 Å². The maximum absolute atomic E-state index is 15.9. The molecule has 1 saturated heterocycles. The zero-order chi connectivity index (χ0) is 28.4. The van der Waals surface area contributed by atoms with Gasteiger partial charge in [-0.1, -0.05) is 12.1 Å². The van der Waals surface area contributed by atoms with Crippen molar-refractivity contribution in [2.24, 2.45) is 7.05 Å². The van der Waals surface area contributed by atoms with E-state index in [0.717, 1.165) is 32.0 Å². The van der Waals surface area contributed by atoms with Crippen LogP contribution >= 0.6 is 0 Å². The van der Waals surface area contributed by atoms with Gasteiger partial charge in [-0.25, -0.2) is 13.2 Å². The van der Waals surface area contributed by atoms with Crippen molar-refractivity contribution in [3.05, 3.63) is 76.4 Å². The minimum absolute atomic E-state index is 0.0261. The van der Waals surface area contributed by atoms with Gasteiger partial charge in [0.05, 0.1) is 12.1 Å². The van der Waals surface area contributed by atoms with Crippen molar-refractivity contribution in [3.63, 3.8) is 0 Å². The lowest BCUT2D eigenvalue weighted by Crippen LogP contribution is -2.52. The Morgan fingerprint density at radius 1 is 1.07 bits per heavy atom. The molecule has 3 heterocycles. The number of aromatic nitrogens is 3. The molecule has 6 rings (SSSR count). The number of hydrogen-bond donors (Lipinski definition) is 0. The Balaban J connectivity index is 1.36. The number of nitrogens with zero attached hydrogens (tertiary/aromatic N) is 5. The smallest absolute Gasteiger partial charge is 0.318 e. The van der Waals surface area contributed by atoms with Crippen LogP contribution in [0.5, 0.6) is 0 Å². The molecule has 12 heteroatoms. The Bertz CT molecular complexity index is 1450. The predicted octanol–water partition coefficient (Wildman–Crippen LogP) is 5.97. The zero-order valence-corrected chi connectivity index (χ0v) is 21.7. The Kier molecular flexibility index (Phi) is 6.24. The van der Waals surface area contributed by atoms with Crippen LogP contribution in [-0.4, -0.2) is 44.6 Å². The van der Waals surface area contributed by atoms with Crippen LogP contribution in [0, 0.1) is 0 Å². The third-order valence-electron chi connectivity index (χ3n) is 8.35. The fourth-order valence-corrected chi connectivity index (χ4v) is 6.37. The predicted molar refractivity (Wildman–Crippen MR) is 134 cm³/mol. The molecular weight excluding hydrogens is 536 g/mol. The number of carbonyl (C=O) groups excluding carboxylic acids is 1. The Labute approximate surface area is 226 Å². The van der Waals surface area contributed by atoms with E-state index in [1.807, 2.05) is 0 Å². The highest BCUT2D eigenvalue weighted by atomic mass is 19.4. The number of alkyl halides is 6. The number of halogens is 6. The van der Waals surface area contributed by atoms with E-state index >= 15 is 4.39 Å². The van der Waals surface area contributed by atoms with Gasteiger partial charge in [-0.05, 0) is 66.9 Å². The summed E-state index contributed by atoms with van der Waals surface area (Å²) in [6.07, 6.45) is -4.89. The summed E-state index contributed by atoms with van der Waals surface area (Å²) in [6.45, 7) is 1.56. The summed E-state index contributed by atoms with van der Waals surface area (Å²) < 4.78 is 88.0. The van der Waals surface area contributed by atoms with Crippen molar-refractivity contribution in [2.45, 2.75) is 62.5 Å². The van der Waals surface area contributed by atoms with Crippen molar-refractivity contribution in [1.82, 2.24) is 19.7 Å². The maximum Gasteiger partial charge on any atom is 0.416 e. The number of amides is 1. The molecule has 1 unspecified atom stereocenters. The molecule has 0 bridgehead atoms. The van der Waals surface area contributed by atoms with Crippen LogP contribution in [0.4, 0.5) is 32.0 Å². The molecule has 1 atom stereocenters. The van der Waals surface area contributed by atoms with Crippen LogP contribution in [0.15, 0.2) is 42.7 Å². The fraction of sp³-hybridized carbons (Fsp3) is 0.464. The lowest BCUT2D eigenvalue weighted by Gasteiger charge is -2.49. The molecule has 1 amide bonds. The zero-order valence-electron chi connectivity index (χ0n) is 21.7. The second-order valence-electron chi connectivity index (χ2n) is 11.1. The van der Waals surface area contributed by atoms with Crippen LogP contribution in [0.3, 0.4) is 0 Å². The summed E-state index contributed by atoms with van der Waals surface area (Å²) in [6, 6.07) is 8.60. The van der Waals surface area contributed by atoms with Gasteiger partial charge in [0.2, 0.25) is 5.92 Å². The first-order chi connectivity index (χ1) is 18.9. The van der Waals surface area contributed by atoms with Gasteiger partial charge in [0.15, 0.2) is 12.0 Å². The van der Waals surface area contributed by atoms with Crippen molar-refractivity contribution >= 4 is 11.6 Å². The number of benzene rings is 2. The van der Waals surface area contributed by atoms with Crippen LogP contribution in [0.2, 0.25) is 0 Å². The molecular formula is C28H27F6N5O. The fourth-order valence-electron chi connectivity index (χ4n) is 6.37. The molecule has 0 N–H and O–H groups in total. The number of hydrogen-bond acceptors (Lipinski definition) is 4. The van der Waals surface area contributed by atoms with Crippen LogP contribution < -0.4 is 4.90 Å². The Morgan fingerprint density at radius 2 is 1.80 bits per heavy atom. The molecule has 40 heavy (non-hydrogen) atoms. The second kappa shape index (κ2) is 9.32. The Hall–Kier alpha value is -3.41. The first kappa shape index (κ1) is 26.8. The molecule has 3 aromatic rings. The van der Waals surface area contributed by atoms with E-state index in [1.54, 1.807) is 0 Å². The van der Waals surface area contributed by atoms with Crippen LogP contribution in [0.25, 0.3) is 0 Å². The average molecular weight is 564 g/mol.